The zero-order chi connectivity index (χ0) is 12.7. The highest BCUT2D eigenvalue weighted by atomic mass is 16.5. The molecule has 1 N–H and O–H groups in total. The molecule has 1 aromatic rings. The average Bonchev–Trinajstić information content (AvgIpc) is 2.38. The summed E-state index contributed by atoms with van der Waals surface area (Å²) in [6.07, 6.45) is -0.974. The van der Waals surface area contributed by atoms with Gasteiger partial charge in [-0.15, -0.1) is 0 Å². The predicted molar refractivity (Wildman–Crippen MR) is 59.7 cm³/mol. The van der Waals surface area contributed by atoms with Gasteiger partial charge in [0.15, 0.2) is 0 Å². The third kappa shape index (κ3) is 3.60. The molecule has 1 atom stereocenters. The van der Waals surface area contributed by atoms with Crippen LogP contribution in [0.25, 0.3) is 0 Å². The largest absolute Gasteiger partial charge is 0.346 e. The molecule has 0 fully saturated rings. The highest BCUT2D eigenvalue weighted by molar-refractivity contribution is 5.94. The standard InChI is InChI=1S/C12H11N3O2/c1-2-17-11(8-14)15-12(16)10-5-3-4-9(6-10)7-13/h3-6,11H,2H2,1H3,(H,15,16). The van der Waals surface area contributed by atoms with E-state index in [1.54, 1.807) is 25.1 Å². The van der Waals surface area contributed by atoms with Crippen molar-refractivity contribution in [2.24, 2.45) is 0 Å². The van der Waals surface area contributed by atoms with Crippen molar-refractivity contribution in [1.82, 2.24) is 5.32 Å². The van der Waals surface area contributed by atoms with Gasteiger partial charge in [0.05, 0.1) is 11.6 Å². The van der Waals surface area contributed by atoms with Crippen molar-refractivity contribution < 1.29 is 9.53 Å². The predicted octanol–water partition coefficient (Wildman–Crippen LogP) is 1.17. The first-order valence-electron chi connectivity index (χ1n) is 5.03. The third-order valence-corrected chi connectivity index (χ3v) is 1.97. The first-order chi connectivity index (χ1) is 8.21. The van der Waals surface area contributed by atoms with Gasteiger partial charge in [-0.1, -0.05) is 6.07 Å². The Kier molecular flexibility index (Phi) is 4.68. The fraction of sp³-hybridized carbons (Fsp3) is 0.250. The molecule has 0 radical (unpaired) electrons. The normalized spacial score (nSPS) is 11.0. The van der Waals surface area contributed by atoms with E-state index in [4.69, 9.17) is 15.3 Å². The summed E-state index contributed by atoms with van der Waals surface area (Å²) in [6.45, 7) is 2.06. The number of nitrogens with zero attached hydrogens (tertiary/aromatic N) is 2. The number of hydrogen-bond donors (Lipinski definition) is 1. The monoisotopic (exact) mass is 229 g/mol. The van der Waals surface area contributed by atoms with Gasteiger partial charge in [0, 0.05) is 12.2 Å². The van der Waals surface area contributed by atoms with Crippen LogP contribution >= 0.6 is 0 Å². The van der Waals surface area contributed by atoms with Gasteiger partial charge >= 0.3 is 0 Å². The van der Waals surface area contributed by atoms with Crippen molar-refractivity contribution >= 4 is 5.91 Å². The Labute approximate surface area is 99.2 Å². The third-order valence-electron chi connectivity index (χ3n) is 1.97. The lowest BCUT2D eigenvalue weighted by atomic mass is 10.1. The topological polar surface area (TPSA) is 85.9 Å². The van der Waals surface area contributed by atoms with Crippen molar-refractivity contribution in [3.05, 3.63) is 35.4 Å². The summed E-state index contributed by atoms with van der Waals surface area (Å²) in [5.74, 6) is -0.443. The van der Waals surface area contributed by atoms with Crippen LogP contribution in [0.5, 0.6) is 0 Å². The minimum Gasteiger partial charge on any atom is -0.346 e. The van der Waals surface area contributed by atoms with E-state index < -0.39 is 12.1 Å². The van der Waals surface area contributed by atoms with Crippen LogP contribution in [0.1, 0.15) is 22.8 Å². The van der Waals surface area contributed by atoms with Crippen LogP contribution in [0, 0.1) is 22.7 Å². The van der Waals surface area contributed by atoms with E-state index in [0.29, 0.717) is 17.7 Å². The molecule has 1 aromatic carbocycles. The van der Waals surface area contributed by atoms with Crippen molar-refractivity contribution in [3.8, 4) is 12.1 Å². The molecule has 1 rings (SSSR count). The zero-order valence-corrected chi connectivity index (χ0v) is 9.30. The number of rotatable bonds is 4. The molecule has 5 nitrogen and oxygen atoms in total. The van der Waals surface area contributed by atoms with Crippen LogP contribution in [0.3, 0.4) is 0 Å². The first-order valence-corrected chi connectivity index (χ1v) is 5.03. The zero-order valence-electron chi connectivity index (χ0n) is 9.30. The van der Waals surface area contributed by atoms with Crippen molar-refractivity contribution in [3.63, 3.8) is 0 Å². The maximum absolute atomic E-state index is 11.7. The van der Waals surface area contributed by atoms with Crippen LogP contribution in [0.2, 0.25) is 0 Å². The summed E-state index contributed by atoms with van der Waals surface area (Å²) in [4.78, 5) is 11.7. The maximum Gasteiger partial charge on any atom is 0.254 e. The Hall–Kier alpha value is -2.37. The van der Waals surface area contributed by atoms with Crippen LogP contribution in [-0.2, 0) is 4.74 Å². The Bertz CT molecular complexity index is 485. The molecule has 17 heavy (non-hydrogen) atoms. The smallest absolute Gasteiger partial charge is 0.254 e. The molecule has 1 amide bonds. The van der Waals surface area contributed by atoms with Gasteiger partial charge in [-0.3, -0.25) is 4.79 Å². The highest BCUT2D eigenvalue weighted by Gasteiger charge is 2.12. The fourth-order valence-electron chi connectivity index (χ4n) is 1.21. The van der Waals surface area contributed by atoms with Crippen LogP contribution in [-0.4, -0.2) is 18.7 Å². The molecule has 5 heteroatoms. The summed E-state index contributed by atoms with van der Waals surface area (Å²) < 4.78 is 4.98. The number of carbonyl (C=O) groups is 1. The van der Waals surface area contributed by atoms with Gasteiger partial charge < -0.3 is 10.1 Å². The molecule has 0 aliphatic heterocycles. The second-order valence-electron chi connectivity index (χ2n) is 3.13. The van der Waals surface area contributed by atoms with E-state index in [0.717, 1.165) is 0 Å². The van der Waals surface area contributed by atoms with Gasteiger partial charge in [-0.25, -0.2) is 0 Å². The molecule has 86 valence electrons. The SMILES string of the molecule is CCOC(C#N)NC(=O)c1cccc(C#N)c1. The van der Waals surface area contributed by atoms with Crippen molar-refractivity contribution in [2.75, 3.05) is 6.61 Å². The van der Waals surface area contributed by atoms with Crippen molar-refractivity contribution in [1.29, 1.82) is 10.5 Å². The van der Waals surface area contributed by atoms with Crippen molar-refractivity contribution in [2.45, 2.75) is 13.2 Å². The molecule has 0 saturated heterocycles. The Balaban J connectivity index is 2.76. The number of amides is 1. The van der Waals surface area contributed by atoms with E-state index in [1.807, 2.05) is 12.1 Å². The summed E-state index contributed by atoms with van der Waals surface area (Å²) in [6, 6.07) is 9.98. The van der Waals surface area contributed by atoms with Crippen LogP contribution in [0.4, 0.5) is 0 Å². The lowest BCUT2D eigenvalue weighted by Crippen LogP contribution is -2.35. The molecule has 0 heterocycles. The van der Waals surface area contributed by atoms with Gasteiger partial charge in [0.1, 0.15) is 6.07 Å². The van der Waals surface area contributed by atoms with E-state index in [2.05, 4.69) is 5.32 Å². The van der Waals surface area contributed by atoms with Gasteiger partial charge in [-0.2, -0.15) is 10.5 Å². The molecule has 0 bridgehead atoms. The Morgan fingerprint density at radius 2 is 2.29 bits per heavy atom. The van der Waals surface area contributed by atoms with E-state index in [1.165, 1.54) is 6.07 Å². The summed E-state index contributed by atoms with van der Waals surface area (Å²) >= 11 is 0. The van der Waals surface area contributed by atoms with Crippen LogP contribution < -0.4 is 5.32 Å². The van der Waals surface area contributed by atoms with Gasteiger partial charge in [-0.05, 0) is 25.1 Å². The maximum atomic E-state index is 11.7. The summed E-state index contributed by atoms with van der Waals surface area (Å²) in [5.41, 5.74) is 0.714. The number of hydrogen-bond acceptors (Lipinski definition) is 4. The molecule has 0 saturated carbocycles. The Morgan fingerprint density at radius 3 is 2.88 bits per heavy atom. The first kappa shape index (κ1) is 12.7. The summed E-state index contributed by atoms with van der Waals surface area (Å²) in [7, 11) is 0. The molecular formula is C12H11N3O2. The van der Waals surface area contributed by atoms with Gasteiger partial charge in [0.25, 0.3) is 5.91 Å². The van der Waals surface area contributed by atoms with Crippen LogP contribution in [0.15, 0.2) is 24.3 Å². The minimum atomic E-state index is -0.974. The molecule has 0 aromatic heterocycles. The Morgan fingerprint density at radius 1 is 1.53 bits per heavy atom. The molecular weight excluding hydrogens is 218 g/mol. The number of benzene rings is 1. The van der Waals surface area contributed by atoms with E-state index in [-0.39, 0.29) is 0 Å². The second kappa shape index (κ2) is 6.26. The molecule has 1 unspecified atom stereocenters. The number of carbonyl (C=O) groups excluding carboxylic acids is 1. The summed E-state index contributed by atoms with van der Waals surface area (Å²) in [5, 5.41) is 19.8. The minimum absolute atomic E-state index is 0.323. The quantitative estimate of drug-likeness (QED) is 0.785. The molecule has 0 spiro atoms. The molecule has 0 aliphatic carbocycles. The molecule has 0 aliphatic rings. The lowest BCUT2D eigenvalue weighted by molar-refractivity contribution is 0.0615. The average molecular weight is 229 g/mol. The number of ether oxygens (including phenoxy) is 1. The lowest BCUT2D eigenvalue weighted by Gasteiger charge is -2.11. The van der Waals surface area contributed by atoms with Gasteiger partial charge in [0.2, 0.25) is 6.23 Å². The van der Waals surface area contributed by atoms with E-state index in [9.17, 15) is 4.79 Å². The number of nitriles is 2. The number of nitrogens with one attached hydrogen (secondary N) is 1. The second-order valence-corrected chi connectivity index (χ2v) is 3.13. The van der Waals surface area contributed by atoms with E-state index >= 15 is 0 Å². The fourth-order valence-corrected chi connectivity index (χ4v) is 1.21. The highest BCUT2D eigenvalue weighted by Crippen LogP contribution is 2.04.